The predicted molar refractivity (Wildman–Crippen MR) is 116 cm³/mol. The van der Waals surface area contributed by atoms with E-state index in [0.29, 0.717) is 0 Å². The topological polar surface area (TPSA) is 19.4 Å². The summed E-state index contributed by atoms with van der Waals surface area (Å²) in [5.41, 5.74) is 3.47. The monoisotopic (exact) mass is 357 g/mol. The van der Waals surface area contributed by atoms with Crippen molar-refractivity contribution < 1.29 is 0 Å². The highest BCUT2D eigenvalue weighted by Crippen LogP contribution is 2.29. The second-order valence-electron chi connectivity index (χ2n) is 7.21. The maximum Gasteiger partial charge on any atom is 0.137 e. The number of piperazine rings is 1. The highest BCUT2D eigenvalue weighted by Gasteiger charge is 2.19. The molecule has 3 aromatic rings. The van der Waals surface area contributed by atoms with Gasteiger partial charge in [-0.2, -0.15) is 0 Å². The van der Waals surface area contributed by atoms with E-state index in [-0.39, 0.29) is 0 Å². The van der Waals surface area contributed by atoms with Crippen molar-refractivity contribution in [3.63, 3.8) is 0 Å². The lowest BCUT2D eigenvalue weighted by Crippen LogP contribution is -2.46. The summed E-state index contributed by atoms with van der Waals surface area (Å²) >= 11 is 0. The Labute approximate surface area is 161 Å². The molecule has 0 aliphatic carbocycles. The van der Waals surface area contributed by atoms with E-state index in [1.54, 1.807) is 0 Å². The second-order valence-corrected chi connectivity index (χ2v) is 7.21. The number of hydrogen-bond acceptors (Lipinski definition) is 3. The number of rotatable bonds is 4. The van der Waals surface area contributed by atoms with Gasteiger partial charge in [-0.15, -0.1) is 0 Å². The molecule has 1 aromatic heterocycles. The number of benzene rings is 2. The van der Waals surface area contributed by atoms with Crippen molar-refractivity contribution in [1.82, 2.24) is 9.88 Å². The highest BCUT2D eigenvalue weighted by atomic mass is 15.3. The van der Waals surface area contributed by atoms with E-state index < -0.39 is 0 Å². The Kier molecular flexibility index (Phi) is 5.21. The first kappa shape index (κ1) is 17.7. The Morgan fingerprint density at radius 1 is 0.963 bits per heavy atom. The van der Waals surface area contributed by atoms with Crippen LogP contribution in [-0.4, -0.2) is 42.6 Å². The molecule has 1 fully saturated rings. The third kappa shape index (κ3) is 3.88. The van der Waals surface area contributed by atoms with Crippen LogP contribution >= 0.6 is 0 Å². The molecule has 3 nitrogen and oxygen atoms in total. The fourth-order valence-electron chi connectivity index (χ4n) is 3.77. The van der Waals surface area contributed by atoms with Crippen LogP contribution in [0.2, 0.25) is 0 Å². The van der Waals surface area contributed by atoms with Gasteiger partial charge < -0.3 is 9.80 Å². The molecule has 0 saturated carbocycles. The molecule has 138 valence electrons. The maximum atomic E-state index is 5.11. The molecule has 0 atom stereocenters. The number of hydrogen-bond donors (Lipinski definition) is 0. The summed E-state index contributed by atoms with van der Waals surface area (Å²) in [5.74, 6) is 1.12. The molecule has 27 heavy (non-hydrogen) atoms. The van der Waals surface area contributed by atoms with E-state index in [0.717, 1.165) is 44.2 Å². The van der Waals surface area contributed by atoms with Crippen LogP contribution in [0.1, 0.15) is 25.1 Å². The molecule has 2 heterocycles. The Balaban J connectivity index is 1.74. The number of aromatic nitrogens is 1. The van der Waals surface area contributed by atoms with Gasteiger partial charge in [0.05, 0.1) is 5.69 Å². The molecule has 4 rings (SSSR count). The fourth-order valence-corrected chi connectivity index (χ4v) is 3.77. The summed E-state index contributed by atoms with van der Waals surface area (Å²) in [6.45, 7) is 9.81. The zero-order chi connectivity index (χ0) is 18.6. The van der Waals surface area contributed by atoms with Gasteiger partial charge in [-0.25, -0.2) is 4.98 Å². The number of nitrogens with zero attached hydrogens (tertiary/aromatic N) is 3. The predicted octanol–water partition coefficient (Wildman–Crippen LogP) is 4.94. The van der Waals surface area contributed by atoms with Crippen molar-refractivity contribution in [2.75, 3.05) is 37.6 Å². The van der Waals surface area contributed by atoms with Gasteiger partial charge in [0.2, 0.25) is 0 Å². The van der Waals surface area contributed by atoms with Gasteiger partial charge >= 0.3 is 0 Å². The van der Waals surface area contributed by atoms with Crippen LogP contribution in [0, 0.1) is 0 Å². The largest absolute Gasteiger partial charge is 0.354 e. The molecule has 0 amide bonds. The van der Waals surface area contributed by atoms with Gasteiger partial charge in [-0.1, -0.05) is 61.5 Å². The van der Waals surface area contributed by atoms with Crippen LogP contribution in [0.3, 0.4) is 0 Å². The van der Waals surface area contributed by atoms with Crippen LogP contribution < -0.4 is 4.90 Å². The number of anilines is 1. The van der Waals surface area contributed by atoms with Crippen molar-refractivity contribution >= 4 is 28.2 Å². The van der Waals surface area contributed by atoms with Gasteiger partial charge in [-0.3, -0.25) is 0 Å². The Hall–Kier alpha value is -2.65. The molecular weight excluding hydrogens is 330 g/mol. The SMILES string of the molecule is CCN1CCN(c2nc(/C(C)=C\c3ccccc3)cc3ccccc23)CC1. The Morgan fingerprint density at radius 2 is 1.67 bits per heavy atom. The number of likely N-dealkylation sites (N-methyl/N-ethyl adjacent to an activating group) is 1. The highest BCUT2D eigenvalue weighted by molar-refractivity contribution is 5.95. The third-order valence-corrected chi connectivity index (χ3v) is 5.43. The van der Waals surface area contributed by atoms with E-state index in [1.165, 1.54) is 21.9 Å². The summed E-state index contributed by atoms with van der Waals surface area (Å²) in [6, 6.07) is 21.3. The van der Waals surface area contributed by atoms with Crippen LogP contribution in [0.25, 0.3) is 22.4 Å². The molecule has 0 unspecified atom stereocenters. The van der Waals surface area contributed by atoms with Gasteiger partial charge in [0.15, 0.2) is 0 Å². The van der Waals surface area contributed by atoms with E-state index in [2.05, 4.69) is 90.4 Å². The second kappa shape index (κ2) is 7.93. The summed E-state index contributed by atoms with van der Waals surface area (Å²) in [4.78, 5) is 10.1. The van der Waals surface area contributed by atoms with Gasteiger partial charge in [0.25, 0.3) is 0 Å². The van der Waals surface area contributed by atoms with E-state index in [9.17, 15) is 0 Å². The minimum atomic E-state index is 1.04. The van der Waals surface area contributed by atoms with Crippen molar-refractivity contribution in [2.24, 2.45) is 0 Å². The van der Waals surface area contributed by atoms with Crippen molar-refractivity contribution in [1.29, 1.82) is 0 Å². The molecule has 1 saturated heterocycles. The smallest absolute Gasteiger partial charge is 0.137 e. The third-order valence-electron chi connectivity index (χ3n) is 5.43. The van der Waals surface area contributed by atoms with E-state index >= 15 is 0 Å². The van der Waals surface area contributed by atoms with Crippen molar-refractivity contribution in [3.8, 4) is 0 Å². The maximum absolute atomic E-state index is 5.11. The Bertz CT molecular complexity index is 938. The first-order valence-electron chi connectivity index (χ1n) is 9.85. The lowest BCUT2D eigenvalue weighted by Gasteiger charge is -2.35. The molecular formula is C24H27N3. The summed E-state index contributed by atoms with van der Waals surface area (Å²) in [5, 5.41) is 2.51. The van der Waals surface area contributed by atoms with E-state index in [4.69, 9.17) is 4.98 Å². The van der Waals surface area contributed by atoms with Crippen molar-refractivity contribution in [2.45, 2.75) is 13.8 Å². The molecule has 0 N–H and O–H groups in total. The lowest BCUT2D eigenvalue weighted by atomic mass is 10.0. The van der Waals surface area contributed by atoms with Crippen LogP contribution in [0.4, 0.5) is 5.82 Å². The molecule has 2 aromatic carbocycles. The standard InChI is InChI=1S/C24H27N3/c1-3-26-13-15-27(16-14-26)24-22-12-8-7-11-21(22)18-23(25-24)19(2)17-20-9-5-4-6-10-20/h4-12,17-18H,3,13-16H2,1-2H3/b19-17-. The van der Waals surface area contributed by atoms with Crippen LogP contribution in [-0.2, 0) is 0 Å². The van der Waals surface area contributed by atoms with Gasteiger partial charge in [0, 0.05) is 31.6 Å². The van der Waals surface area contributed by atoms with Crippen molar-refractivity contribution in [3.05, 3.63) is 71.9 Å². The normalized spacial score (nSPS) is 16.1. The van der Waals surface area contributed by atoms with Gasteiger partial charge in [0.1, 0.15) is 5.82 Å². The quantitative estimate of drug-likeness (QED) is 0.659. The molecule has 1 aliphatic rings. The Morgan fingerprint density at radius 3 is 2.41 bits per heavy atom. The minimum absolute atomic E-state index is 1.04. The molecule has 0 radical (unpaired) electrons. The van der Waals surface area contributed by atoms with Gasteiger partial charge in [-0.05, 0) is 42.1 Å². The number of pyridine rings is 1. The minimum Gasteiger partial charge on any atom is -0.354 e. The van der Waals surface area contributed by atoms with Crippen LogP contribution in [0.5, 0.6) is 0 Å². The molecule has 3 heteroatoms. The number of allylic oxidation sites excluding steroid dienone is 1. The first-order valence-corrected chi connectivity index (χ1v) is 9.85. The molecule has 1 aliphatic heterocycles. The summed E-state index contributed by atoms with van der Waals surface area (Å²) < 4.78 is 0. The molecule has 0 bridgehead atoms. The first-order chi connectivity index (χ1) is 13.2. The summed E-state index contributed by atoms with van der Waals surface area (Å²) in [7, 11) is 0. The summed E-state index contributed by atoms with van der Waals surface area (Å²) in [6.07, 6.45) is 2.22. The fraction of sp³-hybridized carbons (Fsp3) is 0.292. The molecule has 0 spiro atoms. The average molecular weight is 358 g/mol. The zero-order valence-corrected chi connectivity index (χ0v) is 16.2. The van der Waals surface area contributed by atoms with E-state index in [1.807, 2.05) is 0 Å². The zero-order valence-electron chi connectivity index (χ0n) is 16.2. The van der Waals surface area contributed by atoms with Crippen LogP contribution in [0.15, 0.2) is 60.7 Å². The average Bonchev–Trinajstić information content (AvgIpc) is 2.73. The lowest BCUT2D eigenvalue weighted by molar-refractivity contribution is 0.271. The number of fused-ring (bicyclic) bond motifs is 1.